The smallest absolute Gasteiger partial charge is 0.227 e. The zero-order valence-corrected chi connectivity index (χ0v) is 13.9. The van der Waals surface area contributed by atoms with E-state index in [9.17, 15) is 9.59 Å². The van der Waals surface area contributed by atoms with Crippen LogP contribution in [-0.2, 0) is 28.9 Å². The average Bonchev–Trinajstić information content (AvgIpc) is 2.59. The van der Waals surface area contributed by atoms with Crippen molar-refractivity contribution in [3.8, 4) is 0 Å². The first-order valence-corrected chi connectivity index (χ1v) is 8.32. The van der Waals surface area contributed by atoms with E-state index in [2.05, 4.69) is 11.4 Å². The zero-order chi connectivity index (χ0) is 16.9. The Balaban J connectivity index is 1.52. The van der Waals surface area contributed by atoms with Crippen LogP contribution in [-0.4, -0.2) is 25.4 Å². The van der Waals surface area contributed by atoms with Crippen molar-refractivity contribution in [2.75, 3.05) is 18.5 Å². The largest absolute Gasteiger partial charge is 0.355 e. The number of nitrogens with one attached hydrogen (secondary N) is 1. The average molecular weight is 322 g/mol. The molecule has 0 radical (unpaired) electrons. The van der Waals surface area contributed by atoms with Gasteiger partial charge in [0, 0.05) is 25.7 Å². The number of amides is 2. The third kappa shape index (κ3) is 3.82. The Hall–Kier alpha value is -2.62. The highest BCUT2D eigenvalue weighted by Gasteiger charge is 2.20. The zero-order valence-electron chi connectivity index (χ0n) is 13.9. The number of rotatable bonds is 5. The van der Waals surface area contributed by atoms with Gasteiger partial charge in [0.05, 0.1) is 6.42 Å². The first-order valence-electron chi connectivity index (χ1n) is 8.32. The highest BCUT2D eigenvalue weighted by molar-refractivity contribution is 5.95. The van der Waals surface area contributed by atoms with Crippen LogP contribution >= 0.6 is 0 Å². The molecule has 4 heteroatoms. The number of carbonyl (C=O) groups is 2. The van der Waals surface area contributed by atoms with Crippen molar-refractivity contribution in [3.63, 3.8) is 0 Å². The summed E-state index contributed by atoms with van der Waals surface area (Å²) in [5.74, 6) is 0.216. The van der Waals surface area contributed by atoms with Crippen LogP contribution in [0.5, 0.6) is 0 Å². The number of carbonyl (C=O) groups excluding carboxylic acids is 2. The molecule has 24 heavy (non-hydrogen) atoms. The maximum atomic E-state index is 12.0. The van der Waals surface area contributed by atoms with Crippen LogP contribution in [0.2, 0.25) is 0 Å². The monoisotopic (exact) mass is 322 g/mol. The van der Waals surface area contributed by atoms with Gasteiger partial charge in [0.1, 0.15) is 0 Å². The first kappa shape index (κ1) is 16.2. The van der Waals surface area contributed by atoms with Crippen LogP contribution in [0, 0.1) is 0 Å². The molecule has 1 heterocycles. The van der Waals surface area contributed by atoms with Crippen LogP contribution in [0.15, 0.2) is 48.5 Å². The number of nitrogens with zero attached hydrogens (tertiary/aromatic N) is 1. The number of hydrogen-bond acceptors (Lipinski definition) is 2. The van der Waals surface area contributed by atoms with Crippen molar-refractivity contribution in [3.05, 3.63) is 65.2 Å². The maximum Gasteiger partial charge on any atom is 0.227 e. The lowest BCUT2D eigenvalue weighted by atomic mass is 9.98. The molecule has 0 saturated carbocycles. The molecule has 124 valence electrons. The fourth-order valence-electron chi connectivity index (χ4n) is 3.06. The maximum absolute atomic E-state index is 12.0. The fourth-order valence-corrected chi connectivity index (χ4v) is 3.06. The second-order valence-corrected chi connectivity index (χ2v) is 6.18. The number of hydrogen-bond donors (Lipinski definition) is 1. The van der Waals surface area contributed by atoms with Gasteiger partial charge in [-0.15, -0.1) is 0 Å². The van der Waals surface area contributed by atoms with Gasteiger partial charge < -0.3 is 10.2 Å². The third-order valence-corrected chi connectivity index (χ3v) is 4.43. The molecule has 2 amide bonds. The molecule has 0 aromatic heterocycles. The molecule has 3 rings (SSSR count). The number of fused-ring (bicyclic) bond motifs is 1. The van der Waals surface area contributed by atoms with Gasteiger partial charge >= 0.3 is 0 Å². The fraction of sp³-hybridized carbons (Fsp3) is 0.300. The van der Waals surface area contributed by atoms with E-state index in [4.69, 9.17) is 0 Å². The molecular weight excluding hydrogens is 300 g/mol. The lowest BCUT2D eigenvalue weighted by Crippen LogP contribution is -2.31. The molecule has 1 aliphatic rings. The van der Waals surface area contributed by atoms with Crippen LogP contribution in [0.4, 0.5) is 5.69 Å². The van der Waals surface area contributed by atoms with E-state index in [1.165, 1.54) is 11.1 Å². The lowest BCUT2D eigenvalue weighted by Gasteiger charge is -2.26. The molecule has 0 spiro atoms. The molecule has 0 bridgehead atoms. The quantitative estimate of drug-likeness (QED) is 0.919. The van der Waals surface area contributed by atoms with Gasteiger partial charge in [0.25, 0.3) is 0 Å². The molecule has 0 unspecified atom stereocenters. The molecule has 2 aromatic rings. The normalized spacial score (nSPS) is 13.5. The highest BCUT2D eigenvalue weighted by atomic mass is 16.2. The Labute approximate surface area is 142 Å². The Kier molecular flexibility index (Phi) is 4.94. The number of aryl methyl sites for hydroxylation is 1. The Morgan fingerprint density at radius 2 is 1.88 bits per heavy atom. The van der Waals surface area contributed by atoms with Crippen LogP contribution in [0.25, 0.3) is 0 Å². The summed E-state index contributed by atoms with van der Waals surface area (Å²) in [4.78, 5) is 25.4. The first-order chi connectivity index (χ1) is 11.6. The topological polar surface area (TPSA) is 49.4 Å². The second-order valence-electron chi connectivity index (χ2n) is 6.18. The summed E-state index contributed by atoms with van der Waals surface area (Å²) < 4.78 is 0. The third-order valence-electron chi connectivity index (χ3n) is 4.43. The molecule has 0 atom stereocenters. The Morgan fingerprint density at radius 3 is 2.67 bits per heavy atom. The van der Waals surface area contributed by atoms with Gasteiger partial charge in [-0.3, -0.25) is 9.59 Å². The second kappa shape index (κ2) is 7.30. The van der Waals surface area contributed by atoms with Crippen LogP contribution < -0.4 is 10.2 Å². The van der Waals surface area contributed by atoms with Gasteiger partial charge in [0.15, 0.2) is 0 Å². The van der Waals surface area contributed by atoms with Crippen molar-refractivity contribution < 1.29 is 9.59 Å². The van der Waals surface area contributed by atoms with E-state index in [1.807, 2.05) is 49.5 Å². The van der Waals surface area contributed by atoms with Gasteiger partial charge in [-0.05, 0) is 35.6 Å². The number of anilines is 1. The number of benzene rings is 2. The van der Waals surface area contributed by atoms with Gasteiger partial charge in [-0.1, -0.05) is 42.5 Å². The van der Waals surface area contributed by atoms with Crippen LogP contribution in [0.3, 0.4) is 0 Å². The molecule has 1 aliphatic heterocycles. The van der Waals surface area contributed by atoms with E-state index in [-0.39, 0.29) is 11.8 Å². The molecule has 2 aromatic carbocycles. The minimum atomic E-state index is 0.0458. The molecule has 1 N–H and O–H groups in total. The summed E-state index contributed by atoms with van der Waals surface area (Å²) in [5.41, 5.74) is 4.43. The standard InChI is InChI=1S/C20H22N2O2/c1-22-18-9-7-16(13-17(18)8-10-20(22)24)11-12-21-19(23)14-15-5-3-2-4-6-15/h2-7,9,13H,8,10-12,14H2,1H3,(H,21,23). The summed E-state index contributed by atoms with van der Waals surface area (Å²) in [6.07, 6.45) is 2.58. The summed E-state index contributed by atoms with van der Waals surface area (Å²) in [6.45, 7) is 0.624. The minimum absolute atomic E-state index is 0.0458. The molecule has 4 nitrogen and oxygen atoms in total. The van der Waals surface area contributed by atoms with E-state index in [1.54, 1.807) is 4.90 Å². The highest BCUT2D eigenvalue weighted by Crippen LogP contribution is 2.27. The molecule has 0 fully saturated rings. The molecule has 0 aliphatic carbocycles. The SMILES string of the molecule is CN1C(=O)CCc2cc(CCNC(=O)Cc3ccccc3)ccc21. The molecular formula is C20H22N2O2. The van der Waals surface area contributed by atoms with Crippen molar-refractivity contribution in [1.29, 1.82) is 0 Å². The summed E-state index contributed by atoms with van der Waals surface area (Å²) in [6, 6.07) is 15.9. The van der Waals surface area contributed by atoms with Crippen LogP contribution in [0.1, 0.15) is 23.1 Å². The van der Waals surface area contributed by atoms with E-state index < -0.39 is 0 Å². The van der Waals surface area contributed by atoms with E-state index >= 15 is 0 Å². The Morgan fingerprint density at radius 1 is 1.08 bits per heavy atom. The summed E-state index contributed by atoms with van der Waals surface area (Å²) in [5, 5.41) is 2.97. The molecule has 0 saturated heterocycles. The lowest BCUT2D eigenvalue weighted by molar-refractivity contribution is -0.120. The van der Waals surface area contributed by atoms with Crippen molar-refractivity contribution in [1.82, 2.24) is 5.32 Å². The van der Waals surface area contributed by atoms with Gasteiger partial charge in [-0.2, -0.15) is 0 Å². The Bertz CT molecular complexity index is 741. The van der Waals surface area contributed by atoms with Crippen molar-refractivity contribution in [2.24, 2.45) is 0 Å². The van der Waals surface area contributed by atoms with Crippen molar-refractivity contribution in [2.45, 2.75) is 25.7 Å². The van der Waals surface area contributed by atoms with Gasteiger partial charge in [0.2, 0.25) is 11.8 Å². The van der Waals surface area contributed by atoms with E-state index in [0.29, 0.717) is 19.4 Å². The summed E-state index contributed by atoms with van der Waals surface area (Å²) >= 11 is 0. The minimum Gasteiger partial charge on any atom is -0.355 e. The predicted octanol–water partition coefficient (Wildman–Crippen LogP) is 2.50. The van der Waals surface area contributed by atoms with E-state index in [0.717, 1.165) is 24.1 Å². The predicted molar refractivity (Wildman–Crippen MR) is 95.0 cm³/mol. The van der Waals surface area contributed by atoms with Crippen molar-refractivity contribution >= 4 is 17.5 Å². The summed E-state index contributed by atoms with van der Waals surface area (Å²) in [7, 11) is 1.82. The van der Waals surface area contributed by atoms with Gasteiger partial charge in [-0.25, -0.2) is 0 Å².